The lowest BCUT2D eigenvalue weighted by Gasteiger charge is -2.19. The molecule has 0 saturated heterocycles. The molecule has 0 aliphatic carbocycles. The van der Waals surface area contributed by atoms with Crippen LogP contribution in [-0.2, 0) is 19.2 Å². The lowest BCUT2D eigenvalue weighted by atomic mass is 10.1. The largest absolute Gasteiger partial charge is 0.462 e. The highest BCUT2D eigenvalue weighted by Gasteiger charge is 2.17. The van der Waals surface area contributed by atoms with Gasteiger partial charge in [-0.25, -0.2) is 9.68 Å². The summed E-state index contributed by atoms with van der Waals surface area (Å²) in [6.07, 6.45) is -0.415. The highest BCUT2D eigenvalue weighted by molar-refractivity contribution is 5.69. The highest BCUT2D eigenvalue weighted by atomic mass is 17.1. The number of hydrogen-bond donors (Lipinski definition) is 4. The average molecular weight is 312 g/mol. The zero-order chi connectivity index (χ0) is 16.4. The first kappa shape index (κ1) is 20.1. The third kappa shape index (κ3) is 11.5. The summed E-state index contributed by atoms with van der Waals surface area (Å²) in [4.78, 5) is 20.4. The van der Waals surface area contributed by atoms with E-state index in [4.69, 9.17) is 25.6 Å². The van der Waals surface area contributed by atoms with Crippen LogP contribution in [0.2, 0.25) is 0 Å². The summed E-state index contributed by atoms with van der Waals surface area (Å²) < 4.78 is 5.16. The van der Waals surface area contributed by atoms with Crippen LogP contribution in [0, 0.1) is 5.92 Å². The Morgan fingerprint density at radius 3 is 2.19 bits per heavy atom. The molecule has 126 valence electrons. The summed E-state index contributed by atoms with van der Waals surface area (Å²) in [5.74, 6) is -0.150. The zero-order valence-electron chi connectivity index (χ0n) is 12.4. The fraction of sp³-hybridized carbons (Fsp3) is 0.909. The van der Waals surface area contributed by atoms with Gasteiger partial charge in [0.1, 0.15) is 18.8 Å². The molecular formula is C11H24N2O8. The normalized spacial score (nSPS) is 14.8. The van der Waals surface area contributed by atoms with Crippen LogP contribution in [0.15, 0.2) is 0 Å². The van der Waals surface area contributed by atoms with Crippen molar-refractivity contribution in [2.75, 3.05) is 6.61 Å². The summed E-state index contributed by atoms with van der Waals surface area (Å²) in [7, 11) is 0. The van der Waals surface area contributed by atoms with E-state index in [9.17, 15) is 4.79 Å². The van der Waals surface area contributed by atoms with Gasteiger partial charge in [-0.3, -0.25) is 25.6 Å². The molecule has 0 rings (SSSR count). The number of nitrogens with zero attached hydrogens (tertiary/aromatic N) is 2. The monoisotopic (exact) mass is 312 g/mol. The first-order valence-electron chi connectivity index (χ1n) is 6.57. The Bertz CT molecular complexity index is 287. The second-order valence-electron chi connectivity index (χ2n) is 4.86. The third-order valence-electron chi connectivity index (χ3n) is 2.78. The van der Waals surface area contributed by atoms with E-state index >= 15 is 0 Å². The molecule has 0 aromatic heterocycles. The molecular weight excluding hydrogens is 288 g/mol. The molecule has 0 heterocycles. The van der Waals surface area contributed by atoms with Gasteiger partial charge in [0.2, 0.25) is 0 Å². The van der Waals surface area contributed by atoms with Crippen molar-refractivity contribution in [3.05, 3.63) is 0 Å². The minimum Gasteiger partial charge on any atom is -0.462 e. The van der Waals surface area contributed by atoms with Gasteiger partial charge in [0.25, 0.3) is 0 Å². The van der Waals surface area contributed by atoms with Crippen molar-refractivity contribution in [2.45, 2.75) is 52.2 Å². The van der Waals surface area contributed by atoms with E-state index in [0.717, 1.165) is 0 Å². The van der Waals surface area contributed by atoms with Crippen LogP contribution in [0.25, 0.3) is 0 Å². The molecule has 0 spiro atoms. The van der Waals surface area contributed by atoms with E-state index in [2.05, 4.69) is 9.68 Å². The first-order valence-corrected chi connectivity index (χ1v) is 6.57. The van der Waals surface area contributed by atoms with E-state index in [1.165, 1.54) is 0 Å². The minimum absolute atomic E-state index is 0.121. The fourth-order valence-electron chi connectivity index (χ4n) is 1.33. The molecule has 0 aliphatic heterocycles. The van der Waals surface area contributed by atoms with Crippen LogP contribution >= 0.6 is 0 Å². The van der Waals surface area contributed by atoms with Crippen LogP contribution < -0.4 is 0 Å². The van der Waals surface area contributed by atoms with Crippen LogP contribution in [-0.4, -0.2) is 56.4 Å². The van der Waals surface area contributed by atoms with Crippen molar-refractivity contribution < 1.29 is 40.0 Å². The van der Waals surface area contributed by atoms with Crippen molar-refractivity contribution in [1.82, 2.24) is 10.8 Å². The van der Waals surface area contributed by atoms with Crippen LogP contribution in [0.1, 0.15) is 40.0 Å². The molecule has 0 aromatic rings. The Morgan fingerprint density at radius 2 is 1.71 bits per heavy atom. The number of ether oxygens (including phenoxy) is 1. The predicted molar refractivity (Wildman–Crippen MR) is 65.9 cm³/mol. The minimum atomic E-state index is -0.892. The number of rotatable bonds is 11. The summed E-state index contributed by atoms with van der Waals surface area (Å²) in [6, 6.07) is 0. The van der Waals surface area contributed by atoms with Gasteiger partial charge >= 0.3 is 5.97 Å². The molecule has 2 atom stereocenters. The Balaban J connectivity index is 4.02. The molecule has 0 fully saturated rings. The maximum Gasteiger partial charge on any atom is 0.306 e. The lowest BCUT2D eigenvalue weighted by molar-refractivity contribution is -0.527. The summed E-state index contributed by atoms with van der Waals surface area (Å²) in [6.45, 7) is 5.31. The van der Waals surface area contributed by atoms with Crippen molar-refractivity contribution in [1.29, 1.82) is 0 Å². The van der Waals surface area contributed by atoms with Gasteiger partial charge in [0.05, 0.1) is 10.8 Å². The molecule has 0 radical (unpaired) electrons. The van der Waals surface area contributed by atoms with Gasteiger partial charge in [0, 0.05) is 6.42 Å². The summed E-state index contributed by atoms with van der Waals surface area (Å²) in [5.41, 5.74) is 0. The lowest BCUT2D eigenvalue weighted by Crippen LogP contribution is -2.31. The van der Waals surface area contributed by atoms with Crippen LogP contribution in [0.4, 0.5) is 0 Å². The molecule has 0 saturated carbocycles. The molecule has 0 amide bonds. The number of carbonyl (C=O) groups is 1. The van der Waals surface area contributed by atoms with Crippen molar-refractivity contribution in [3.63, 3.8) is 0 Å². The van der Waals surface area contributed by atoms with E-state index < -0.39 is 16.9 Å². The molecule has 4 N–H and O–H groups in total. The fourth-order valence-corrected chi connectivity index (χ4v) is 1.33. The molecule has 21 heavy (non-hydrogen) atoms. The summed E-state index contributed by atoms with van der Waals surface area (Å²) >= 11 is 0. The number of esters is 1. The molecule has 0 aromatic carbocycles. The Hall–Kier alpha value is -0.850. The zero-order valence-corrected chi connectivity index (χ0v) is 12.4. The summed E-state index contributed by atoms with van der Waals surface area (Å²) in [5, 5.41) is 32.9. The first-order chi connectivity index (χ1) is 9.72. The van der Waals surface area contributed by atoms with E-state index in [-0.39, 0.29) is 37.4 Å². The van der Waals surface area contributed by atoms with Crippen molar-refractivity contribution in [3.8, 4) is 0 Å². The quantitative estimate of drug-likeness (QED) is 0.325. The number of hydrogen-bond acceptors (Lipinski definition) is 10. The highest BCUT2D eigenvalue weighted by Crippen LogP contribution is 2.11. The van der Waals surface area contributed by atoms with Gasteiger partial charge in [-0.05, 0) is 25.7 Å². The molecule has 0 aliphatic rings. The smallest absolute Gasteiger partial charge is 0.306 e. The van der Waals surface area contributed by atoms with Gasteiger partial charge in [-0.2, -0.15) is 0 Å². The van der Waals surface area contributed by atoms with Crippen LogP contribution in [0.5, 0.6) is 0 Å². The predicted octanol–water partition coefficient (Wildman–Crippen LogP) is 1.14. The topological polar surface area (TPSA) is 132 Å². The third-order valence-corrected chi connectivity index (χ3v) is 2.78. The van der Waals surface area contributed by atoms with Crippen molar-refractivity contribution >= 4 is 5.97 Å². The molecule has 0 bridgehead atoms. The van der Waals surface area contributed by atoms with Crippen molar-refractivity contribution in [2.24, 2.45) is 5.92 Å². The molecule has 1 unspecified atom stereocenters. The second-order valence-corrected chi connectivity index (χ2v) is 4.86. The standard InChI is InChI=1S/C11H24N2O8/c1-8(2)9(3)20-11(14)6-4-5-10(21-13(17)18)7-19-12(15)16/h8-10,15-18H,4-7H2,1-3H3/t9?,10-/m1/s1. The maximum absolute atomic E-state index is 11.5. The van der Waals surface area contributed by atoms with Gasteiger partial charge < -0.3 is 4.74 Å². The maximum atomic E-state index is 11.5. The Kier molecular flexibility index (Phi) is 10.4. The molecule has 10 nitrogen and oxygen atoms in total. The van der Waals surface area contributed by atoms with E-state index in [0.29, 0.717) is 6.42 Å². The Labute approximate surface area is 122 Å². The van der Waals surface area contributed by atoms with Gasteiger partial charge in [0.15, 0.2) is 0 Å². The van der Waals surface area contributed by atoms with Gasteiger partial charge in [-0.15, -0.1) is 0 Å². The van der Waals surface area contributed by atoms with E-state index in [1.807, 2.05) is 13.8 Å². The Morgan fingerprint density at radius 1 is 1.10 bits per heavy atom. The average Bonchev–Trinajstić information content (AvgIpc) is 2.34. The van der Waals surface area contributed by atoms with Crippen LogP contribution in [0.3, 0.4) is 0 Å². The van der Waals surface area contributed by atoms with Gasteiger partial charge in [-0.1, -0.05) is 13.8 Å². The number of carbonyl (C=O) groups excluding carboxylic acids is 1. The van der Waals surface area contributed by atoms with E-state index in [1.54, 1.807) is 6.92 Å². The molecule has 10 heteroatoms. The second kappa shape index (κ2) is 10.8. The SMILES string of the molecule is CC(C)C(C)OC(=O)CCC[C@H](CON(O)O)ON(O)O.